The lowest BCUT2D eigenvalue weighted by Gasteiger charge is -2.15. The zero-order chi connectivity index (χ0) is 10.3. The number of fused-ring (bicyclic) bond motifs is 2. The van der Waals surface area contributed by atoms with Crippen molar-refractivity contribution in [1.29, 1.82) is 0 Å². The van der Waals surface area contributed by atoms with Gasteiger partial charge in [0.2, 0.25) is 0 Å². The average Bonchev–Trinajstić information content (AvgIpc) is 2.91. The fraction of sp³-hybridized carbons (Fsp3) is 0.357. The summed E-state index contributed by atoms with van der Waals surface area (Å²) < 4.78 is 2.17. The fourth-order valence-electron chi connectivity index (χ4n) is 2.95. The normalized spacial score (nSPS) is 32.1. The third-order valence-electron chi connectivity index (χ3n) is 3.75. The monoisotopic (exact) mass is 198 g/mol. The molecule has 1 saturated carbocycles. The number of rotatable bonds is 2. The summed E-state index contributed by atoms with van der Waals surface area (Å²) in [6.45, 7) is 4.25. The van der Waals surface area contributed by atoms with Crippen molar-refractivity contribution in [2.24, 2.45) is 17.8 Å². The molecule has 2 aliphatic carbocycles. The van der Waals surface area contributed by atoms with Gasteiger partial charge in [0.25, 0.3) is 0 Å². The Balaban J connectivity index is 1.85. The molecule has 0 amide bonds. The molecule has 15 heavy (non-hydrogen) atoms. The molecule has 1 nitrogen and oxygen atoms in total. The minimum absolute atomic E-state index is 0.660. The Labute approximate surface area is 90.8 Å². The van der Waals surface area contributed by atoms with Crippen LogP contribution in [-0.2, 0) is 0 Å². The summed E-state index contributed by atoms with van der Waals surface area (Å²) in [5.74, 6) is 2.23. The number of hydrogen-bond donors (Lipinski definition) is 0. The Hall–Kier alpha value is -1.37. The van der Waals surface area contributed by atoms with E-state index < -0.39 is 0 Å². The topological polar surface area (TPSA) is 3.88 Å². The highest BCUT2D eigenvalue weighted by molar-refractivity contribution is 5.37. The summed E-state index contributed by atoms with van der Waals surface area (Å²) in [7, 11) is 0. The van der Waals surface area contributed by atoms with Crippen LogP contribution in [0.25, 0.3) is 5.70 Å². The zero-order valence-electron chi connectivity index (χ0n) is 8.84. The lowest BCUT2D eigenvalue weighted by Crippen LogP contribution is -2.35. The van der Waals surface area contributed by atoms with Crippen molar-refractivity contribution in [2.75, 3.05) is 0 Å². The molecule has 1 aromatic heterocycles. The van der Waals surface area contributed by atoms with E-state index in [1.807, 2.05) is 6.07 Å². The number of pyridine rings is 1. The van der Waals surface area contributed by atoms with E-state index in [-0.39, 0.29) is 0 Å². The molecule has 3 atom stereocenters. The van der Waals surface area contributed by atoms with E-state index in [1.165, 1.54) is 18.5 Å². The molecule has 3 unspecified atom stereocenters. The summed E-state index contributed by atoms with van der Waals surface area (Å²) in [5.41, 5.74) is 1.26. The molecule has 1 heterocycles. The third-order valence-corrected chi connectivity index (χ3v) is 3.75. The highest BCUT2D eigenvalue weighted by atomic mass is 15.0. The van der Waals surface area contributed by atoms with Gasteiger partial charge in [-0.15, -0.1) is 0 Å². The van der Waals surface area contributed by atoms with Crippen LogP contribution in [0.4, 0.5) is 0 Å². The van der Waals surface area contributed by atoms with Crippen LogP contribution >= 0.6 is 0 Å². The first kappa shape index (κ1) is 8.90. The van der Waals surface area contributed by atoms with Crippen LogP contribution < -0.4 is 4.57 Å². The standard InChI is InChI=1S/C14H16N/c1-11(15-7-3-2-4-8-15)14-10-12-5-6-13(14)9-12/h2-8,12-14H,1,9-10H2/q+1. The Morgan fingerprint density at radius 3 is 2.47 bits per heavy atom. The molecule has 0 aromatic carbocycles. The molecule has 1 heteroatoms. The van der Waals surface area contributed by atoms with E-state index in [2.05, 4.69) is 47.8 Å². The molecule has 0 radical (unpaired) electrons. The molecule has 1 aromatic rings. The molecular formula is C14H16N+. The highest BCUT2D eigenvalue weighted by Crippen LogP contribution is 2.46. The third kappa shape index (κ3) is 1.43. The van der Waals surface area contributed by atoms with Crippen molar-refractivity contribution in [3.05, 3.63) is 49.3 Å². The van der Waals surface area contributed by atoms with Crippen LogP contribution in [0.3, 0.4) is 0 Å². The van der Waals surface area contributed by atoms with E-state index in [4.69, 9.17) is 0 Å². The zero-order valence-corrected chi connectivity index (χ0v) is 8.84. The molecule has 0 spiro atoms. The molecule has 0 N–H and O–H groups in total. The predicted octanol–water partition coefficient (Wildman–Crippen LogP) is 2.66. The molecule has 2 bridgehead atoms. The van der Waals surface area contributed by atoms with E-state index in [0.29, 0.717) is 5.92 Å². The minimum atomic E-state index is 0.660. The first-order chi connectivity index (χ1) is 7.34. The van der Waals surface area contributed by atoms with Crippen molar-refractivity contribution >= 4 is 5.70 Å². The van der Waals surface area contributed by atoms with Gasteiger partial charge in [-0.25, -0.2) is 0 Å². The van der Waals surface area contributed by atoms with Crippen LogP contribution in [-0.4, -0.2) is 0 Å². The maximum atomic E-state index is 4.25. The maximum absolute atomic E-state index is 4.25. The van der Waals surface area contributed by atoms with Gasteiger partial charge >= 0.3 is 0 Å². The van der Waals surface area contributed by atoms with Crippen LogP contribution in [0.2, 0.25) is 0 Å². The maximum Gasteiger partial charge on any atom is 0.183 e. The summed E-state index contributed by atoms with van der Waals surface area (Å²) in [4.78, 5) is 0. The van der Waals surface area contributed by atoms with E-state index in [9.17, 15) is 0 Å². The Morgan fingerprint density at radius 1 is 1.07 bits per heavy atom. The Morgan fingerprint density at radius 2 is 1.87 bits per heavy atom. The van der Waals surface area contributed by atoms with Gasteiger partial charge in [0.1, 0.15) is 0 Å². The van der Waals surface area contributed by atoms with Gasteiger partial charge in [-0.05, 0) is 31.3 Å². The van der Waals surface area contributed by atoms with Gasteiger partial charge in [0.15, 0.2) is 18.1 Å². The van der Waals surface area contributed by atoms with Gasteiger partial charge in [-0.1, -0.05) is 18.2 Å². The molecule has 2 aliphatic rings. The second-order valence-electron chi connectivity index (χ2n) is 4.66. The molecule has 0 aliphatic heterocycles. The average molecular weight is 198 g/mol. The lowest BCUT2D eigenvalue weighted by atomic mass is 9.91. The number of hydrogen-bond acceptors (Lipinski definition) is 0. The van der Waals surface area contributed by atoms with E-state index >= 15 is 0 Å². The van der Waals surface area contributed by atoms with Gasteiger partial charge in [-0.3, -0.25) is 0 Å². The smallest absolute Gasteiger partial charge is 0.171 e. The van der Waals surface area contributed by atoms with Gasteiger partial charge in [-0.2, -0.15) is 4.57 Å². The number of allylic oxidation sites excluding steroid dienone is 3. The van der Waals surface area contributed by atoms with Crippen LogP contribution in [0.1, 0.15) is 12.8 Å². The van der Waals surface area contributed by atoms with Gasteiger partial charge in [0.05, 0.1) is 5.92 Å². The summed E-state index contributed by atoms with van der Waals surface area (Å²) in [6.07, 6.45) is 11.6. The van der Waals surface area contributed by atoms with Crippen molar-refractivity contribution in [2.45, 2.75) is 12.8 Å². The number of nitrogens with zero attached hydrogens (tertiary/aromatic N) is 1. The summed E-state index contributed by atoms with van der Waals surface area (Å²) >= 11 is 0. The Bertz CT molecular complexity index is 405. The van der Waals surface area contributed by atoms with Crippen molar-refractivity contribution < 1.29 is 4.57 Å². The van der Waals surface area contributed by atoms with Crippen molar-refractivity contribution in [3.63, 3.8) is 0 Å². The molecular weight excluding hydrogens is 182 g/mol. The van der Waals surface area contributed by atoms with E-state index in [0.717, 1.165) is 11.8 Å². The van der Waals surface area contributed by atoms with Crippen LogP contribution in [0.5, 0.6) is 0 Å². The first-order valence-electron chi connectivity index (χ1n) is 5.68. The predicted molar refractivity (Wildman–Crippen MR) is 60.8 cm³/mol. The van der Waals surface area contributed by atoms with Crippen LogP contribution in [0.15, 0.2) is 49.3 Å². The highest BCUT2D eigenvalue weighted by Gasteiger charge is 2.40. The minimum Gasteiger partial charge on any atom is -0.171 e. The summed E-state index contributed by atoms with van der Waals surface area (Å²) in [6, 6.07) is 6.17. The van der Waals surface area contributed by atoms with Crippen LogP contribution in [0, 0.1) is 17.8 Å². The quantitative estimate of drug-likeness (QED) is 0.508. The van der Waals surface area contributed by atoms with E-state index in [1.54, 1.807) is 0 Å². The number of aromatic nitrogens is 1. The van der Waals surface area contributed by atoms with Gasteiger partial charge in [0, 0.05) is 12.1 Å². The fourth-order valence-corrected chi connectivity index (χ4v) is 2.95. The largest absolute Gasteiger partial charge is 0.183 e. The lowest BCUT2D eigenvalue weighted by molar-refractivity contribution is -0.586. The van der Waals surface area contributed by atoms with Gasteiger partial charge < -0.3 is 0 Å². The second kappa shape index (κ2) is 3.34. The molecule has 3 rings (SSSR count). The Kier molecular flexibility index (Phi) is 1.98. The SMILES string of the molecule is C=C(C1CC2C=CC1C2)[n+]1ccccc1. The molecule has 1 fully saturated rings. The van der Waals surface area contributed by atoms with Crippen molar-refractivity contribution in [3.8, 4) is 0 Å². The summed E-state index contributed by atoms with van der Waals surface area (Å²) in [5, 5.41) is 0. The molecule has 0 saturated heterocycles. The first-order valence-corrected chi connectivity index (χ1v) is 5.68. The second-order valence-corrected chi connectivity index (χ2v) is 4.66. The van der Waals surface area contributed by atoms with Crippen molar-refractivity contribution in [1.82, 2.24) is 0 Å². The molecule has 76 valence electrons.